The summed E-state index contributed by atoms with van der Waals surface area (Å²) in [5.41, 5.74) is -1.69. The number of ether oxygens (including phenoxy) is 2. The lowest BCUT2D eigenvalue weighted by atomic mass is 10.1. The highest BCUT2D eigenvalue weighted by atomic mass is 35.5. The molecule has 2 N–H and O–H groups in total. The van der Waals surface area contributed by atoms with E-state index in [4.69, 9.17) is 21.1 Å². The molecule has 1 aromatic heterocycles. The van der Waals surface area contributed by atoms with Crippen LogP contribution in [0.5, 0.6) is 17.4 Å². The molecule has 0 amide bonds. The molecule has 0 atom stereocenters. The van der Waals surface area contributed by atoms with E-state index in [0.717, 1.165) is 10.6 Å². The van der Waals surface area contributed by atoms with Gasteiger partial charge in [0.15, 0.2) is 5.78 Å². The maximum absolute atomic E-state index is 12.7. The number of aromatic amines is 1. The van der Waals surface area contributed by atoms with E-state index in [0.29, 0.717) is 22.1 Å². The van der Waals surface area contributed by atoms with Gasteiger partial charge in [0.2, 0.25) is 5.88 Å². The molecule has 8 nitrogen and oxygen atoms in total. The van der Waals surface area contributed by atoms with E-state index < -0.39 is 28.5 Å². The van der Waals surface area contributed by atoms with Crippen LogP contribution in [0, 0.1) is 0 Å². The third kappa shape index (κ3) is 4.13. The number of methoxy groups -OCH3 is 2. The zero-order valence-electron chi connectivity index (χ0n) is 16.0. The first-order chi connectivity index (χ1) is 14.3. The van der Waals surface area contributed by atoms with Crippen molar-refractivity contribution in [3.63, 3.8) is 0 Å². The number of halogens is 1. The molecule has 0 radical (unpaired) electrons. The zero-order chi connectivity index (χ0) is 21.8. The fourth-order valence-electron chi connectivity index (χ4n) is 2.78. The Morgan fingerprint density at radius 3 is 2.43 bits per heavy atom. The first-order valence-corrected chi connectivity index (χ1v) is 9.02. The number of aromatic nitrogens is 2. The average molecular weight is 429 g/mol. The highest BCUT2D eigenvalue weighted by molar-refractivity contribution is 6.30. The van der Waals surface area contributed by atoms with Gasteiger partial charge in [-0.15, -0.1) is 0 Å². The minimum Gasteiger partial charge on any atom is -0.497 e. The average Bonchev–Trinajstić information content (AvgIpc) is 2.73. The fourth-order valence-corrected chi connectivity index (χ4v) is 2.91. The molecule has 0 fully saturated rings. The monoisotopic (exact) mass is 428 g/mol. The van der Waals surface area contributed by atoms with Crippen LogP contribution in [0.3, 0.4) is 0 Å². The maximum atomic E-state index is 12.7. The van der Waals surface area contributed by atoms with E-state index in [1.807, 2.05) is 4.98 Å². The third-order valence-corrected chi connectivity index (χ3v) is 4.52. The number of ketones is 1. The van der Waals surface area contributed by atoms with E-state index in [-0.39, 0.29) is 5.69 Å². The summed E-state index contributed by atoms with van der Waals surface area (Å²) in [5, 5.41) is 10.9. The van der Waals surface area contributed by atoms with Crippen LogP contribution >= 0.6 is 11.6 Å². The smallest absolute Gasteiger partial charge is 0.335 e. The van der Waals surface area contributed by atoms with Gasteiger partial charge < -0.3 is 14.6 Å². The number of carbonyl (C=O) groups is 1. The number of hydrogen-bond acceptors (Lipinski definition) is 6. The van der Waals surface area contributed by atoms with Crippen LogP contribution in [0.2, 0.25) is 5.02 Å². The molecule has 0 aliphatic rings. The van der Waals surface area contributed by atoms with Crippen LogP contribution < -0.4 is 20.7 Å². The first kappa shape index (κ1) is 20.9. The zero-order valence-corrected chi connectivity index (χ0v) is 16.8. The lowest BCUT2D eigenvalue weighted by molar-refractivity contribution is 0.104. The summed E-state index contributed by atoms with van der Waals surface area (Å²) in [6.07, 6.45) is 2.53. The van der Waals surface area contributed by atoms with Gasteiger partial charge in [0, 0.05) is 16.7 Å². The Bertz CT molecular complexity index is 1240. The molecule has 154 valence electrons. The number of nitrogens with zero attached hydrogens (tertiary/aromatic N) is 1. The van der Waals surface area contributed by atoms with Crippen LogP contribution in [0.15, 0.2) is 58.1 Å². The van der Waals surface area contributed by atoms with Crippen molar-refractivity contribution >= 4 is 23.5 Å². The molecule has 3 aromatic rings. The van der Waals surface area contributed by atoms with E-state index >= 15 is 0 Å². The second-order valence-electron chi connectivity index (χ2n) is 6.08. The molecule has 0 aliphatic carbocycles. The van der Waals surface area contributed by atoms with Crippen LogP contribution in [-0.4, -0.2) is 34.7 Å². The van der Waals surface area contributed by atoms with E-state index in [1.165, 1.54) is 44.6 Å². The quantitative estimate of drug-likeness (QED) is 0.461. The molecule has 2 aromatic carbocycles. The van der Waals surface area contributed by atoms with E-state index in [9.17, 15) is 19.5 Å². The highest BCUT2D eigenvalue weighted by Gasteiger charge is 2.20. The van der Waals surface area contributed by atoms with Crippen molar-refractivity contribution in [3.05, 3.63) is 85.5 Å². The fraction of sp³-hybridized carbons (Fsp3) is 0.0952. The summed E-state index contributed by atoms with van der Waals surface area (Å²) in [7, 11) is 2.98. The van der Waals surface area contributed by atoms with E-state index in [1.54, 1.807) is 18.2 Å². The van der Waals surface area contributed by atoms with Crippen molar-refractivity contribution in [1.29, 1.82) is 0 Å². The van der Waals surface area contributed by atoms with Crippen molar-refractivity contribution in [1.82, 2.24) is 9.55 Å². The Morgan fingerprint density at radius 1 is 1.10 bits per heavy atom. The first-order valence-electron chi connectivity index (χ1n) is 8.64. The Labute approximate surface area is 175 Å². The van der Waals surface area contributed by atoms with Gasteiger partial charge in [-0.2, -0.15) is 0 Å². The summed E-state index contributed by atoms with van der Waals surface area (Å²) in [4.78, 5) is 39.1. The minimum atomic E-state index is -1.00. The minimum absolute atomic E-state index is 0.230. The van der Waals surface area contributed by atoms with Crippen molar-refractivity contribution in [2.24, 2.45) is 0 Å². The number of nitrogens with one attached hydrogen (secondary N) is 1. The summed E-state index contributed by atoms with van der Waals surface area (Å²) in [5.74, 6) is -0.557. The molecule has 0 unspecified atom stereocenters. The molecule has 0 spiro atoms. The van der Waals surface area contributed by atoms with Gasteiger partial charge in [-0.3, -0.25) is 14.6 Å². The second kappa shape index (κ2) is 8.71. The van der Waals surface area contributed by atoms with Crippen molar-refractivity contribution in [2.45, 2.75) is 0 Å². The number of H-pyrrole nitrogens is 1. The SMILES string of the molecule is COc1ccc(/C=C/C(=O)c2c(O)n(-c3ccc(Cl)cc3)c(=O)[nH]c2=O)c(OC)c1. The van der Waals surface area contributed by atoms with Gasteiger partial charge in [-0.05, 0) is 48.6 Å². The second-order valence-corrected chi connectivity index (χ2v) is 6.51. The third-order valence-electron chi connectivity index (χ3n) is 4.27. The molecule has 0 bridgehead atoms. The topological polar surface area (TPSA) is 111 Å². The van der Waals surface area contributed by atoms with Crippen LogP contribution in [0.1, 0.15) is 15.9 Å². The largest absolute Gasteiger partial charge is 0.497 e. The Hall–Kier alpha value is -3.78. The van der Waals surface area contributed by atoms with Gasteiger partial charge >= 0.3 is 5.69 Å². The molecule has 0 saturated heterocycles. The summed E-state index contributed by atoms with van der Waals surface area (Å²) in [6, 6.07) is 10.9. The van der Waals surface area contributed by atoms with Crippen molar-refractivity contribution in [2.75, 3.05) is 14.2 Å². The summed E-state index contributed by atoms with van der Waals surface area (Å²) >= 11 is 5.84. The summed E-state index contributed by atoms with van der Waals surface area (Å²) in [6.45, 7) is 0. The van der Waals surface area contributed by atoms with Crippen molar-refractivity contribution in [3.8, 4) is 23.1 Å². The molecule has 1 heterocycles. The number of rotatable bonds is 6. The van der Waals surface area contributed by atoms with Crippen LogP contribution in [0.4, 0.5) is 0 Å². The molecule has 3 rings (SSSR count). The highest BCUT2D eigenvalue weighted by Crippen LogP contribution is 2.26. The van der Waals surface area contributed by atoms with Crippen molar-refractivity contribution < 1.29 is 19.4 Å². The molecule has 30 heavy (non-hydrogen) atoms. The predicted octanol–water partition coefficient (Wildman–Crippen LogP) is 2.80. The maximum Gasteiger partial charge on any atom is 0.335 e. The van der Waals surface area contributed by atoms with Gasteiger partial charge in [-0.25, -0.2) is 9.36 Å². The van der Waals surface area contributed by atoms with Crippen LogP contribution in [-0.2, 0) is 0 Å². The molecule has 0 aliphatic heterocycles. The lowest BCUT2D eigenvalue weighted by Crippen LogP contribution is -2.32. The molecular weight excluding hydrogens is 412 g/mol. The molecular formula is C21H17ClN2O6. The van der Waals surface area contributed by atoms with Crippen LogP contribution in [0.25, 0.3) is 11.8 Å². The predicted molar refractivity (Wildman–Crippen MR) is 112 cm³/mol. The number of hydrogen-bond donors (Lipinski definition) is 2. The molecule has 9 heteroatoms. The van der Waals surface area contributed by atoms with Gasteiger partial charge in [0.05, 0.1) is 19.9 Å². The number of allylic oxidation sites excluding steroid dienone is 1. The number of benzene rings is 2. The van der Waals surface area contributed by atoms with Gasteiger partial charge in [0.25, 0.3) is 5.56 Å². The number of aromatic hydroxyl groups is 1. The van der Waals surface area contributed by atoms with Gasteiger partial charge in [-0.1, -0.05) is 11.6 Å². The Balaban J connectivity index is 2.04. The number of carbonyl (C=O) groups excluding carboxylic acids is 1. The summed E-state index contributed by atoms with van der Waals surface area (Å²) < 4.78 is 11.2. The van der Waals surface area contributed by atoms with E-state index in [2.05, 4.69) is 0 Å². The Morgan fingerprint density at radius 2 is 1.80 bits per heavy atom. The van der Waals surface area contributed by atoms with Gasteiger partial charge in [0.1, 0.15) is 17.1 Å². The lowest BCUT2D eigenvalue weighted by Gasteiger charge is -2.10. The molecule has 0 saturated carbocycles. The normalized spacial score (nSPS) is 10.9. The standard InChI is InChI=1S/C21H17ClN2O6/c1-29-15-9-3-12(17(11-15)30-2)4-10-16(25)18-19(26)23-21(28)24(20(18)27)14-7-5-13(22)6-8-14/h3-11,27H,1-2H3,(H,23,26,28)/b10-4+. The Kier molecular flexibility index (Phi) is 6.08.